The maximum Gasteiger partial charge on any atom is 0.0383 e. The van der Waals surface area contributed by atoms with Gasteiger partial charge in [0.05, 0.1) is 0 Å². The average molecular weight is 99.1 g/mol. The molecule has 0 bridgehead atoms. The summed E-state index contributed by atoms with van der Waals surface area (Å²) in [7, 11) is 1.81. The van der Waals surface area contributed by atoms with E-state index in [9.17, 15) is 0 Å². The highest BCUT2D eigenvalue weighted by molar-refractivity contribution is 4.46. The fourth-order valence-electron chi connectivity index (χ4n) is 0.207. The van der Waals surface area contributed by atoms with E-state index in [1.165, 1.54) is 0 Å². The summed E-state index contributed by atoms with van der Waals surface area (Å²) in [4.78, 5) is 2.56. The first-order valence-corrected chi connectivity index (χ1v) is 2.07. The molecular weight excluding hydrogens is 91.1 g/mol. The summed E-state index contributed by atoms with van der Waals surface area (Å²) in [5, 5.41) is 6.12. The molecule has 0 aromatic rings. The zero-order chi connectivity index (χ0) is 5.54. The van der Waals surface area contributed by atoms with Gasteiger partial charge in [-0.05, 0) is 12.6 Å². The lowest BCUT2D eigenvalue weighted by Crippen LogP contribution is -2.09. The van der Waals surface area contributed by atoms with Gasteiger partial charge in [0.2, 0.25) is 0 Å². The van der Waals surface area contributed by atoms with Crippen LogP contribution in [0, 0.1) is 0 Å². The molecule has 0 aromatic heterocycles. The zero-order valence-electron chi connectivity index (χ0n) is 4.26. The van der Waals surface area contributed by atoms with Gasteiger partial charge in [-0.15, -0.1) is 0 Å². The van der Waals surface area contributed by atoms with Crippen molar-refractivity contribution in [3.8, 4) is 0 Å². The highest BCUT2D eigenvalue weighted by Crippen LogP contribution is 1.64. The normalized spacial score (nSPS) is 7.57. The SMILES string of the molecule is [11CH3]NCCN=[N+]=[N-]. The number of nitrogens with one attached hydrogen (secondary N) is 1. The smallest absolute Gasteiger partial charge is 0.0383 e. The molecule has 4 nitrogen and oxygen atoms in total. The molecule has 0 radical (unpaired) electrons. The Morgan fingerprint density at radius 2 is 2.57 bits per heavy atom. The maximum absolute atomic E-state index is 7.72. The molecule has 0 saturated carbocycles. The molecule has 0 aromatic carbocycles. The Morgan fingerprint density at radius 3 is 3.00 bits per heavy atom. The zero-order valence-corrected chi connectivity index (χ0v) is 4.26. The van der Waals surface area contributed by atoms with Crippen LogP contribution in [0.2, 0.25) is 0 Å². The average Bonchev–Trinajstić information content (AvgIpc) is 1.69. The number of likely N-dealkylation sites (N-methyl/N-ethyl adjacent to an activating group) is 1. The van der Waals surface area contributed by atoms with E-state index in [1.807, 2.05) is 7.05 Å². The predicted molar refractivity (Wildman–Crippen MR) is 27.9 cm³/mol. The van der Waals surface area contributed by atoms with Gasteiger partial charge < -0.3 is 5.32 Å². The lowest BCUT2D eigenvalue weighted by atomic mass is 10.5. The fraction of sp³-hybridized carbons (Fsp3) is 1.00. The minimum absolute atomic E-state index is 0.535. The van der Waals surface area contributed by atoms with Gasteiger partial charge >= 0.3 is 0 Å². The van der Waals surface area contributed by atoms with Crippen molar-refractivity contribution < 1.29 is 0 Å². The Labute approximate surface area is 42.2 Å². The molecule has 0 aliphatic carbocycles. The Morgan fingerprint density at radius 1 is 1.86 bits per heavy atom. The molecule has 0 saturated heterocycles. The van der Waals surface area contributed by atoms with Crippen molar-refractivity contribution in [3.63, 3.8) is 0 Å². The van der Waals surface area contributed by atoms with Crippen LogP contribution in [0.5, 0.6) is 0 Å². The minimum Gasteiger partial charge on any atom is -0.320 e. The van der Waals surface area contributed by atoms with Crippen LogP contribution in [0.15, 0.2) is 5.11 Å². The molecule has 40 valence electrons. The monoisotopic (exact) mass is 99.1 g/mol. The first kappa shape index (κ1) is 6.27. The number of nitrogens with zero attached hydrogens (tertiary/aromatic N) is 3. The van der Waals surface area contributed by atoms with Crippen molar-refractivity contribution in [2.24, 2.45) is 5.11 Å². The van der Waals surface area contributed by atoms with E-state index in [-0.39, 0.29) is 0 Å². The van der Waals surface area contributed by atoms with Crippen molar-refractivity contribution in [1.82, 2.24) is 5.32 Å². The highest BCUT2D eigenvalue weighted by atomic mass is 15.1. The van der Waals surface area contributed by atoms with Gasteiger partial charge in [0.1, 0.15) is 0 Å². The number of hydrogen-bond acceptors (Lipinski definition) is 2. The first-order valence-electron chi connectivity index (χ1n) is 2.07. The summed E-state index contributed by atoms with van der Waals surface area (Å²) >= 11 is 0. The van der Waals surface area contributed by atoms with E-state index in [0.29, 0.717) is 6.54 Å². The molecule has 1 N–H and O–H groups in total. The number of azide groups is 1. The fourth-order valence-corrected chi connectivity index (χ4v) is 0.207. The molecule has 0 atom stereocenters. The number of hydrogen-bond donors (Lipinski definition) is 1. The second kappa shape index (κ2) is 5.27. The molecule has 7 heavy (non-hydrogen) atoms. The van der Waals surface area contributed by atoms with Crippen LogP contribution in [0.3, 0.4) is 0 Å². The molecule has 0 spiro atoms. The topological polar surface area (TPSA) is 60.8 Å². The summed E-state index contributed by atoms with van der Waals surface area (Å²) in [5.74, 6) is 0. The van der Waals surface area contributed by atoms with Crippen molar-refractivity contribution in [1.29, 1.82) is 0 Å². The maximum atomic E-state index is 7.72. The minimum atomic E-state index is 0.535. The second-order valence-corrected chi connectivity index (χ2v) is 1.06. The third-order valence-electron chi connectivity index (χ3n) is 0.525. The van der Waals surface area contributed by atoms with E-state index in [1.54, 1.807) is 0 Å². The van der Waals surface area contributed by atoms with Crippen molar-refractivity contribution >= 4 is 0 Å². The third kappa shape index (κ3) is 5.27. The first-order chi connectivity index (χ1) is 3.41. The van der Waals surface area contributed by atoms with E-state index in [2.05, 4.69) is 15.3 Å². The molecule has 0 heterocycles. The van der Waals surface area contributed by atoms with E-state index in [4.69, 9.17) is 5.53 Å². The molecule has 0 aliphatic rings. The third-order valence-corrected chi connectivity index (χ3v) is 0.525. The van der Waals surface area contributed by atoms with E-state index >= 15 is 0 Å². The molecule has 0 aliphatic heterocycles. The van der Waals surface area contributed by atoms with Gasteiger partial charge in [0.15, 0.2) is 0 Å². The predicted octanol–water partition coefficient (Wildman–Crippen LogP) is 0.516. The Balaban J connectivity index is 2.83. The largest absolute Gasteiger partial charge is 0.320 e. The van der Waals surface area contributed by atoms with Crippen LogP contribution < -0.4 is 5.32 Å². The van der Waals surface area contributed by atoms with Crippen LogP contribution >= 0.6 is 0 Å². The van der Waals surface area contributed by atoms with Crippen molar-refractivity contribution in [2.75, 3.05) is 20.1 Å². The van der Waals surface area contributed by atoms with Crippen molar-refractivity contribution in [3.05, 3.63) is 10.4 Å². The van der Waals surface area contributed by atoms with Gasteiger partial charge in [-0.3, -0.25) is 0 Å². The summed E-state index contributed by atoms with van der Waals surface area (Å²) in [6, 6.07) is 0. The molecule has 0 amide bonds. The molecule has 0 rings (SSSR count). The van der Waals surface area contributed by atoms with Gasteiger partial charge in [-0.1, -0.05) is 5.11 Å². The van der Waals surface area contributed by atoms with Crippen LogP contribution in [-0.4, -0.2) is 20.1 Å². The van der Waals surface area contributed by atoms with E-state index in [0.717, 1.165) is 6.54 Å². The molecule has 0 unspecified atom stereocenters. The lowest BCUT2D eigenvalue weighted by Gasteiger charge is -1.85. The Hall–Kier alpha value is -0.730. The number of rotatable bonds is 3. The van der Waals surface area contributed by atoms with Crippen LogP contribution in [0.4, 0.5) is 0 Å². The summed E-state index contributed by atoms with van der Waals surface area (Å²) in [6.07, 6.45) is 0. The van der Waals surface area contributed by atoms with Gasteiger partial charge in [-0.2, -0.15) is 0 Å². The lowest BCUT2D eigenvalue weighted by molar-refractivity contribution is 0.798. The summed E-state index contributed by atoms with van der Waals surface area (Å²) in [6.45, 7) is 1.29. The molecular formula is C3H8N4. The second-order valence-electron chi connectivity index (χ2n) is 1.06. The van der Waals surface area contributed by atoms with Crippen LogP contribution in [0.25, 0.3) is 10.4 Å². The van der Waals surface area contributed by atoms with E-state index < -0.39 is 0 Å². The molecule has 0 fully saturated rings. The quantitative estimate of drug-likeness (QED) is 0.238. The van der Waals surface area contributed by atoms with Crippen LogP contribution in [0.1, 0.15) is 0 Å². The molecule has 4 heteroatoms. The highest BCUT2D eigenvalue weighted by Gasteiger charge is 1.71. The summed E-state index contributed by atoms with van der Waals surface area (Å²) < 4.78 is 0. The Kier molecular flexibility index (Phi) is 4.72. The standard InChI is InChI=1S/C3H8N4/c1-5-2-3-6-7-4/h5H,2-3H2,1H3/i1-1. The van der Waals surface area contributed by atoms with Crippen LogP contribution in [-0.2, 0) is 0 Å². The van der Waals surface area contributed by atoms with Gasteiger partial charge in [0.25, 0.3) is 0 Å². The Bertz CT molecular complexity index is 73.0. The van der Waals surface area contributed by atoms with Gasteiger partial charge in [-0.25, -0.2) is 0 Å². The van der Waals surface area contributed by atoms with Crippen molar-refractivity contribution in [2.45, 2.75) is 0 Å². The van der Waals surface area contributed by atoms with Gasteiger partial charge in [0, 0.05) is 18.0 Å². The summed E-state index contributed by atoms with van der Waals surface area (Å²) in [5.41, 5.74) is 7.72.